The molecule has 0 saturated carbocycles. The molecule has 0 N–H and O–H groups in total. The zero-order chi connectivity index (χ0) is 9.78. The fourth-order valence-corrected chi connectivity index (χ4v) is 2.11. The third kappa shape index (κ3) is 3.69. The summed E-state index contributed by atoms with van der Waals surface area (Å²) in [6.45, 7) is 4.13. The zero-order valence-electron chi connectivity index (χ0n) is 7.61. The van der Waals surface area contributed by atoms with Gasteiger partial charge in [0.25, 0.3) is 0 Å². The van der Waals surface area contributed by atoms with E-state index in [2.05, 4.69) is 13.8 Å². The molecule has 74 valence electrons. The van der Waals surface area contributed by atoms with Crippen molar-refractivity contribution in [2.75, 3.05) is 7.11 Å². The third-order valence-corrected chi connectivity index (χ3v) is 2.70. The molecule has 0 aliphatic carbocycles. The van der Waals surface area contributed by atoms with Crippen LogP contribution in [-0.4, -0.2) is 17.0 Å². The van der Waals surface area contributed by atoms with Gasteiger partial charge in [0.2, 0.25) is 3.79 Å². The van der Waals surface area contributed by atoms with E-state index in [1.54, 1.807) is 7.11 Å². The molecule has 0 aromatic rings. The summed E-state index contributed by atoms with van der Waals surface area (Å²) in [6, 6.07) is 0. The molecule has 0 fully saturated rings. The van der Waals surface area contributed by atoms with E-state index in [1.165, 1.54) is 0 Å². The van der Waals surface area contributed by atoms with E-state index in [4.69, 9.17) is 39.5 Å². The average molecular weight is 234 g/mol. The minimum absolute atomic E-state index is 0.308. The Balaban J connectivity index is 4.31. The minimum Gasteiger partial charge on any atom is -0.377 e. The van der Waals surface area contributed by atoms with Crippen LogP contribution in [0.5, 0.6) is 0 Å². The first-order valence-corrected chi connectivity index (χ1v) is 5.20. The van der Waals surface area contributed by atoms with Gasteiger partial charge in [-0.1, -0.05) is 61.5 Å². The average Bonchev–Trinajstić information content (AvgIpc) is 1.97. The summed E-state index contributed by atoms with van der Waals surface area (Å²) < 4.78 is 3.85. The van der Waals surface area contributed by atoms with E-state index in [1.807, 2.05) is 0 Å². The van der Waals surface area contributed by atoms with Crippen LogP contribution in [0.4, 0.5) is 0 Å². The highest BCUT2D eigenvalue weighted by Crippen LogP contribution is 2.37. The predicted molar refractivity (Wildman–Crippen MR) is 55.2 cm³/mol. The van der Waals surface area contributed by atoms with Gasteiger partial charge in [-0.2, -0.15) is 0 Å². The molecule has 0 saturated heterocycles. The molecule has 0 amide bonds. The molecule has 0 spiro atoms. The van der Waals surface area contributed by atoms with E-state index < -0.39 is 3.79 Å². The Morgan fingerprint density at radius 1 is 1.17 bits per heavy atom. The second-order valence-electron chi connectivity index (χ2n) is 2.77. The van der Waals surface area contributed by atoms with E-state index in [-0.39, 0.29) is 6.10 Å². The second-order valence-corrected chi connectivity index (χ2v) is 5.14. The normalized spacial score (nSPS) is 15.2. The maximum absolute atomic E-state index is 5.76. The van der Waals surface area contributed by atoms with Crippen molar-refractivity contribution in [3.8, 4) is 0 Å². The summed E-state index contributed by atoms with van der Waals surface area (Å²) >= 11 is 17.3. The van der Waals surface area contributed by atoms with Crippen LogP contribution in [0.3, 0.4) is 0 Å². The van der Waals surface area contributed by atoms with Crippen molar-refractivity contribution in [3.05, 3.63) is 0 Å². The van der Waals surface area contributed by atoms with Gasteiger partial charge in [0.1, 0.15) is 6.10 Å². The number of methoxy groups -OCH3 is 1. The van der Waals surface area contributed by atoms with Gasteiger partial charge in [0.05, 0.1) is 0 Å². The first-order valence-electron chi connectivity index (χ1n) is 4.06. The molecule has 1 nitrogen and oxygen atoms in total. The maximum Gasteiger partial charge on any atom is 0.216 e. The molecule has 0 aromatic carbocycles. The predicted octanol–water partition coefficient (Wildman–Crippen LogP) is 3.81. The van der Waals surface area contributed by atoms with Crippen molar-refractivity contribution >= 4 is 34.8 Å². The van der Waals surface area contributed by atoms with Crippen molar-refractivity contribution in [2.45, 2.75) is 36.6 Å². The number of hydrogen-bond acceptors (Lipinski definition) is 1. The molecule has 1 unspecified atom stereocenters. The summed E-state index contributed by atoms with van der Waals surface area (Å²) in [6.07, 6.45) is 1.61. The first-order chi connectivity index (χ1) is 5.47. The van der Waals surface area contributed by atoms with Crippen molar-refractivity contribution in [3.63, 3.8) is 0 Å². The van der Waals surface area contributed by atoms with Gasteiger partial charge in [0, 0.05) is 7.11 Å². The fourth-order valence-electron chi connectivity index (χ4n) is 1.31. The molecule has 12 heavy (non-hydrogen) atoms. The number of rotatable bonds is 4. The van der Waals surface area contributed by atoms with Crippen LogP contribution in [0.1, 0.15) is 26.7 Å². The fraction of sp³-hybridized carbons (Fsp3) is 1.00. The summed E-state index contributed by atoms with van der Waals surface area (Å²) in [5, 5.41) is 0. The molecule has 0 aliphatic heterocycles. The molecule has 0 aliphatic rings. The Hall–Kier alpha value is 0.830. The largest absolute Gasteiger partial charge is 0.377 e. The van der Waals surface area contributed by atoms with E-state index >= 15 is 0 Å². The van der Waals surface area contributed by atoms with Crippen LogP contribution < -0.4 is 0 Å². The van der Waals surface area contributed by atoms with Crippen molar-refractivity contribution < 1.29 is 4.74 Å². The zero-order valence-corrected chi connectivity index (χ0v) is 9.88. The molecular weight excluding hydrogens is 218 g/mol. The molecule has 4 heteroatoms. The lowest BCUT2D eigenvalue weighted by Crippen LogP contribution is -2.34. The highest BCUT2D eigenvalue weighted by Gasteiger charge is 2.37. The van der Waals surface area contributed by atoms with Crippen LogP contribution in [0.2, 0.25) is 0 Å². The Morgan fingerprint density at radius 3 is 1.67 bits per heavy atom. The van der Waals surface area contributed by atoms with Crippen LogP contribution in [-0.2, 0) is 4.74 Å². The maximum atomic E-state index is 5.76. The monoisotopic (exact) mass is 232 g/mol. The molecule has 1 atom stereocenters. The number of hydrogen-bond donors (Lipinski definition) is 0. The molecule has 0 aromatic heterocycles. The molecular formula is C8H15Cl3O. The van der Waals surface area contributed by atoms with Gasteiger partial charge in [0.15, 0.2) is 0 Å². The number of halogens is 3. The molecule has 0 radical (unpaired) electrons. The topological polar surface area (TPSA) is 9.23 Å². The third-order valence-electron chi connectivity index (χ3n) is 2.05. The summed E-state index contributed by atoms with van der Waals surface area (Å²) in [4.78, 5) is 0. The van der Waals surface area contributed by atoms with Crippen molar-refractivity contribution in [1.82, 2.24) is 0 Å². The van der Waals surface area contributed by atoms with Gasteiger partial charge in [-0.05, 0) is 5.92 Å². The summed E-state index contributed by atoms with van der Waals surface area (Å²) in [5.74, 6) is 0.308. The summed E-state index contributed by atoms with van der Waals surface area (Å²) in [7, 11) is 1.57. The van der Waals surface area contributed by atoms with Crippen LogP contribution >= 0.6 is 34.8 Å². The highest BCUT2D eigenvalue weighted by molar-refractivity contribution is 6.68. The molecule has 0 heterocycles. The lowest BCUT2D eigenvalue weighted by Gasteiger charge is -2.29. The molecule has 0 bridgehead atoms. The lowest BCUT2D eigenvalue weighted by atomic mass is 9.97. The molecule has 0 rings (SSSR count). The quantitative estimate of drug-likeness (QED) is 0.671. The highest BCUT2D eigenvalue weighted by atomic mass is 35.6. The van der Waals surface area contributed by atoms with Crippen LogP contribution in [0.25, 0.3) is 0 Å². The Bertz CT molecular complexity index is 118. The van der Waals surface area contributed by atoms with Crippen LogP contribution in [0.15, 0.2) is 0 Å². The Kier molecular flexibility index (Phi) is 5.92. The van der Waals surface area contributed by atoms with E-state index in [9.17, 15) is 0 Å². The van der Waals surface area contributed by atoms with Gasteiger partial charge in [-0.15, -0.1) is 0 Å². The Morgan fingerprint density at radius 2 is 1.58 bits per heavy atom. The minimum atomic E-state index is -1.31. The second kappa shape index (κ2) is 5.54. The van der Waals surface area contributed by atoms with Gasteiger partial charge in [-0.3, -0.25) is 0 Å². The van der Waals surface area contributed by atoms with Crippen LogP contribution in [0, 0.1) is 5.92 Å². The van der Waals surface area contributed by atoms with Crippen molar-refractivity contribution in [2.24, 2.45) is 5.92 Å². The summed E-state index contributed by atoms with van der Waals surface area (Å²) in [5.41, 5.74) is 0. The van der Waals surface area contributed by atoms with Gasteiger partial charge >= 0.3 is 0 Å². The van der Waals surface area contributed by atoms with Gasteiger partial charge < -0.3 is 4.74 Å². The van der Waals surface area contributed by atoms with E-state index in [0.29, 0.717) is 5.92 Å². The number of ether oxygens (including phenoxy) is 1. The number of alkyl halides is 3. The van der Waals surface area contributed by atoms with Gasteiger partial charge in [-0.25, -0.2) is 0 Å². The first kappa shape index (κ1) is 12.8. The SMILES string of the molecule is CCC(CC)C(OC)C(Cl)(Cl)Cl. The van der Waals surface area contributed by atoms with E-state index in [0.717, 1.165) is 12.8 Å². The standard InChI is InChI=1S/C8H15Cl3O/c1-4-6(5-2)7(12-3)8(9,10)11/h6-7H,4-5H2,1-3H3. The lowest BCUT2D eigenvalue weighted by molar-refractivity contribution is 0.0517. The smallest absolute Gasteiger partial charge is 0.216 e. The Labute approximate surface area is 89.3 Å². The van der Waals surface area contributed by atoms with Crippen molar-refractivity contribution in [1.29, 1.82) is 0 Å².